The first kappa shape index (κ1) is 29.5. The molecular formula is C46H38N2. The normalized spacial score (nSPS) is 11.3. The smallest absolute Gasteiger partial charge is 0.0619 e. The van der Waals surface area contributed by atoms with Crippen molar-refractivity contribution in [2.45, 2.75) is 27.7 Å². The highest BCUT2D eigenvalue weighted by Gasteiger charge is 2.23. The summed E-state index contributed by atoms with van der Waals surface area (Å²) < 4.78 is 0. The molecule has 8 rings (SSSR count). The molecule has 0 N–H and O–H groups in total. The maximum atomic E-state index is 2.47. The fourth-order valence-electron chi connectivity index (χ4n) is 7.20. The first-order chi connectivity index (χ1) is 23.4. The van der Waals surface area contributed by atoms with Crippen molar-refractivity contribution >= 4 is 66.4 Å². The Balaban J connectivity index is 1.54. The van der Waals surface area contributed by atoms with Crippen molar-refractivity contribution in [1.29, 1.82) is 0 Å². The van der Waals surface area contributed by atoms with Gasteiger partial charge in [-0.3, -0.25) is 0 Å². The van der Waals surface area contributed by atoms with E-state index in [0.29, 0.717) is 0 Å². The first-order valence-electron chi connectivity index (χ1n) is 16.7. The molecule has 8 aromatic rings. The minimum absolute atomic E-state index is 1.14. The Hall–Kier alpha value is -5.86. The molecule has 48 heavy (non-hydrogen) atoms. The van der Waals surface area contributed by atoms with E-state index < -0.39 is 0 Å². The molecule has 0 atom stereocenters. The van der Waals surface area contributed by atoms with Gasteiger partial charge in [-0.2, -0.15) is 0 Å². The average Bonchev–Trinajstić information content (AvgIpc) is 3.09. The zero-order valence-electron chi connectivity index (χ0n) is 27.9. The van der Waals surface area contributed by atoms with Crippen LogP contribution in [0.1, 0.15) is 22.3 Å². The monoisotopic (exact) mass is 618 g/mol. The summed E-state index contributed by atoms with van der Waals surface area (Å²) in [7, 11) is 0. The highest BCUT2D eigenvalue weighted by atomic mass is 15.2. The first-order valence-corrected chi connectivity index (χ1v) is 16.7. The fraction of sp³-hybridized carbons (Fsp3) is 0.0870. The topological polar surface area (TPSA) is 6.48 Å². The van der Waals surface area contributed by atoms with E-state index in [0.717, 1.165) is 28.4 Å². The van der Waals surface area contributed by atoms with Crippen LogP contribution in [-0.2, 0) is 0 Å². The number of fused-ring (bicyclic) bond motifs is 4. The van der Waals surface area contributed by atoms with Crippen LogP contribution in [0.15, 0.2) is 158 Å². The quantitative estimate of drug-likeness (QED) is 0.135. The van der Waals surface area contributed by atoms with Crippen LogP contribution in [0.25, 0.3) is 32.3 Å². The van der Waals surface area contributed by atoms with E-state index in [1.54, 1.807) is 0 Å². The number of aryl methyl sites for hydroxylation is 4. The highest BCUT2D eigenvalue weighted by molar-refractivity contribution is 6.23. The molecule has 0 spiro atoms. The highest BCUT2D eigenvalue weighted by Crippen LogP contribution is 2.49. The third kappa shape index (κ3) is 5.26. The molecule has 0 aliphatic heterocycles. The maximum Gasteiger partial charge on any atom is 0.0619 e. The number of anilines is 6. The molecule has 0 saturated carbocycles. The van der Waals surface area contributed by atoms with Crippen molar-refractivity contribution in [1.82, 2.24) is 0 Å². The molecule has 0 saturated heterocycles. The third-order valence-corrected chi connectivity index (χ3v) is 9.36. The Morgan fingerprint density at radius 1 is 0.312 bits per heavy atom. The lowest BCUT2D eigenvalue weighted by molar-refractivity contribution is 1.27. The summed E-state index contributed by atoms with van der Waals surface area (Å²) in [6, 6.07) is 58.0. The van der Waals surface area contributed by atoms with Crippen LogP contribution in [0.4, 0.5) is 34.1 Å². The average molecular weight is 619 g/mol. The molecule has 0 heterocycles. The number of benzene rings is 8. The molecule has 0 aliphatic rings. The molecule has 0 fully saturated rings. The Morgan fingerprint density at radius 3 is 1.31 bits per heavy atom. The lowest BCUT2D eigenvalue weighted by Gasteiger charge is -2.31. The van der Waals surface area contributed by atoms with Gasteiger partial charge in [-0.05, 0) is 127 Å². The van der Waals surface area contributed by atoms with Gasteiger partial charge in [0.1, 0.15) is 0 Å². The van der Waals surface area contributed by atoms with Gasteiger partial charge in [-0.15, -0.1) is 0 Å². The van der Waals surface area contributed by atoms with Crippen molar-refractivity contribution < 1.29 is 0 Å². The second kappa shape index (κ2) is 12.1. The van der Waals surface area contributed by atoms with Crippen LogP contribution >= 0.6 is 0 Å². The molecule has 0 unspecified atom stereocenters. The summed E-state index contributed by atoms with van der Waals surface area (Å²) in [4.78, 5) is 4.89. The van der Waals surface area contributed by atoms with Crippen LogP contribution in [0.5, 0.6) is 0 Å². The number of rotatable bonds is 6. The van der Waals surface area contributed by atoms with Crippen LogP contribution in [0.2, 0.25) is 0 Å². The number of hydrogen-bond acceptors (Lipinski definition) is 2. The largest absolute Gasteiger partial charge is 0.310 e. The van der Waals surface area contributed by atoms with Crippen LogP contribution < -0.4 is 9.80 Å². The van der Waals surface area contributed by atoms with Crippen LogP contribution in [-0.4, -0.2) is 0 Å². The molecule has 0 radical (unpaired) electrons. The summed E-state index contributed by atoms with van der Waals surface area (Å²) in [5, 5.41) is 7.34. The Bertz CT molecular complexity index is 2380. The van der Waals surface area contributed by atoms with Crippen molar-refractivity contribution in [3.8, 4) is 0 Å². The van der Waals surface area contributed by atoms with Gasteiger partial charge in [0, 0.05) is 38.9 Å². The SMILES string of the molecule is Cc1cccc(N(c2cccc(C)c2)c2cccc3c(N(c4cccc(C)c4)c4cccc(C)c4)c4ccc5ccccc5c4cc23)c1. The zero-order chi connectivity index (χ0) is 32.8. The summed E-state index contributed by atoms with van der Waals surface area (Å²) in [5.74, 6) is 0. The Labute approximate surface area is 283 Å². The summed E-state index contributed by atoms with van der Waals surface area (Å²) >= 11 is 0. The van der Waals surface area contributed by atoms with Crippen molar-refractivity contribution in [2.24, 2.45) is 0 Å². The molecule has 0 aromatic heterocycles. The predicted molar refractivity (Wildman–Crippen MR) is 207 cm³/mol. The number of nitrogens with zero attached hydrogens (tertiary/aromatic N) is 2. The van der Waals surface area contributed by atoms with Crippen molar-refractivity contribution in [2.75, 3.05) is 9.80 Å². The third-order valence-electron chi connectivity index (χ3n) is 9.36. The second-order valence-corrected chi connectivity index (χ2v) is 13.0. The van der Waals surface area contributed by atoms with Gasteiger partial charge in [-0.25, -0.2) is 0 Å². The van der Waals surface area contributed by atoms with Gasteiger partial charge in [0.15, 0.2) is 0 Å². The summed E-state index contributed by atoms with van der Waals surface area (Å²) in [6.07, 6.45) is 0. The molecule has 0 bridgehead atoms. The maximum absolute atomic E-state index is 2.47. The molecule has 2 nitrogen and oxygen atoms in total. The number of hydrogen-bond donors (Lipinski definition) is 0. The van der Waals surface area contributed by atoms with Gasteiger partial charge in [0.25, 0.3) is 0 Å². The van der Waals surface area contributed by atoms with Gasteiger partial charge in [0.2, 0.25) is 0 Å². The van der Waals surface area contributed by atoms with Crippen molar-refractivity contribution in [3.63, 3.8) is 0 Å². The molecular weight excluding hydrogens is 581 g/mol. The minimum atomic E-state index is 1.14. The van der Waals surface area contributed by atoms with Crippen LogP contribution in [0, 0.1) is 27.7 Å². The lowest BCUT2D eigenvalue weighted by atomic mass is 9.93. The van der Waals surface area contributed by atoms with E-state index in [4.69, 9.17) is 0 Å². The lowest BCUT2D eigenvalue weighted by Crippen LogP contribution is -2.13. The van der Waals surface area contributed by atoms with E-state index in [2.05, 4.69) is 195 Å². The predicted octanol–water partition coefficient (Wildman–Crippen LogP) is 13.3. The van der Waals surface area contributed by atoms with Gasteiger partial charge < -0.3 is 9.80 Å². The van der Waals surface area contributed by atoms with Gasteiger partial charge in [0.05, 0.1) is 11.4 Å². The van der Waals surface area contributed by atoms with Crippen molar-refractivity contribution in [3.05, 3.63) is 180 Å². The Morgan fingerprint density at radius 2 is 0.771 bits per heavy atom. The standard InChI is InChI=1S/C46H38N2/c1-31-12-7-17-36(26-31)47(37-18-8-13-32(2)27-37)45-23-11-22-41-44(45)30-43-40-21-6-5-16-35(40)24-25-42(43)46(41)48(38-19-9-14-33(3)28-38)39-20-10-15-34(4)29-39/h5-30H,1-4H3. The van der Waals surface area contributed by atoms with E-state index in [9.17, 15) is 0 Å². The zero-order valence-corrected chi connectivity index (χ0v) is 27.9. The van der Waals surface area contributed by atoms with Gasteiger partial charge >= 0.3 is 0 Å². The van der Waals surface area contributed by atoms with E-state index in [-0.39, 0.29) is 0 Å². The summed E-state index contributed by atoms with van der Waals surface area (Å²) in [6.45, 7) is 8.68. The minimum Gasteiger partial charge on any atom is -0.310 e. The van der Waals surface area contributed by atoms with E-state index in [1.165, 1.54) is 60.3 Å². The molecule has 8 aromatic carbocycles. The van der Waals surface area contributed by atoms with Gasteiger partial charge in [-0.1, -0.05) is 97.1 Å². The Kier molecular flexibility index (Phi) is 7.42. The fourth-order valence-corrected chi connectivity index (χ4v) is 7.20. The van der Waals surface area contributed by atoms with E-state index in [1.807, 2.05) is 0 Å². The van der Waals surface area contributed by atoms with Crippen LogP contribution in [0.3, 0.4) is 0 Å². The molecule has 0 amide bonds. The summed E-state index contributed by atoms with van der Waals surface area (Å²) in [5.41, 5.74) is 11.8. The molecule has 2 heteroatoms. The van der Waals surface area contributed by atoms with E-state index >= 15 is 0 Å². The molecule has 0 aliphatic carbocycles. The second-order valence-electron chi connectivity index (χ2n) is 13.0. The molecule has 232 valence electrons.